The summed E-state index contributed by atoms with van der Waals surface area (Å²) in [4.78, 5) is 40.1. The Labute approximate surface area is 149 Å². The molecule has 1 aromatic carbocycles. The maximum absolute atomic E-state index is 12.0. The Morgan fingerprint density at radius 2 is 1.92 bits per heavy atom. The van der Waals surface area contributed by atoms with E-state index in [1.165, 1.54) is 4.90 Å². The summed E-state index contributed by atoms with van der Waals surface area (Å²) < 4.78 is 5.47. The molecule has 2 saturated heterocycles. The fraction of sp³-hybridized carbons (Fsp3) is 0.412. The highest BCUT2D eigenvalue weighted by Gasteiger charge is 2.26. The fourth-order valence-corrected chi connectivity index (χ4v) is 3.35. The van der Waals surface area contributed by atoms with Crippen molar-refractivity contribution in [2.24, 2.45) is 0 Å². The second-order valence-corrected chi connectivity index (χ2v) is 6.43. The molecule has 9 heteroatoms. The Balaban J connectivity index is 1.56. The second-order valence-electron chi connectivity index (χ2n) is 6.43. The van der Waals surface area contributed by atoms with Gasteiger partial charge in [-0.25, -0.2) is 4.79 Å². The zero-order valence-corrected chi connectivity index (χ0v) is 14.4. The van der Waals surface area contributed by atoms with E-state index >= 15 is 0 Å². The van der Waals surface area contributed by atoms with Crippen molar-refractivity contribution in [1.82, 2.24) is 15.4 Å². The van der Waals surface area contributed by atoms with E-state index in [9.17, 15) is 14.4 Å². The summed E-state index contributed by atoms with van der Waals surface area (Å²) in [5.41, 5.74) is 1.24. The molecular weight excluding hydrogens is 338 g/mol. The number of hydrogen-bond acceptors (Lipinski definition) is 6. The maximum Gasteiger partial charge on any atom is 0.328 e. The minimum Gasteiger partial charge on any atom is -0.354 e. The summed E-state index contributed by atoms with van der Waals surface area (Å²) in [7, 11) is 0. The van der Waals surface area contributed by atoms with Crippen LogP contribution in [0.2, 0.25) is 0 Å². The van der Waals surface area contributed by atoms with Gasteiger partial charge in [-0.2, -0.15) is 0 Å². The van der Waals surface area contributed by atoms with Gasteiger partial charge in [-0.05, 0) is 12.1 Å². The molecule has 2 aliphatic rings. The molecule has 4 amide bonds. The standard InChI is InChI=1S/C17H19N5O4/c1-11(23)20-6-8-21(9-7-20)16-13-3-2-12(10-14(13)26-19-16)22-5-4-15(24)18-17(22)25/h2-3,10H,4-9H2,1H3,(H,18,24,25). The quantitative estimate of drug-likeness (QED) is 0.859. The fourth-order valence-electron chi connectivity index (χ4n) is 3.35. The molecule has 2 aliphatic heterocycles. The van der Waals surface area contributed by atoms with Crippen molar-refractivity contribution < 1.29 is 18.9 Å². The van der Waals surface area contributed by atoms with Crippen molar-refractivity contribution >= 4 is 40.3 Å². The van der Waals surface area contributed by atoms with Crippen LogP contribution in [-0.2, 0) is 9.59 Å². The van der Waals surface area contributed by atoms with Crippen molar-refractivity contribution in [2.45, 2.75) is 13.3 Å². The minimum atomic E-state index is -0.430. The second kappa shape index (κ2) is 6.32. The molecule has 0 atom stereocenters. The molecule has 0 unspecified atom stereocenters. The van der Waals surface area contributed by atoms with E-state index in [1.807, 2.05) is 17.0 Å². The largest absolute Gasteiger partial charge is 0.354 e. The van der Waals surface area contributed by atoms with E-state index in [4.69, 9.17) is 4.52 Å². The first-order chi connectivity index (χ1) is 12.5. The van der Waals surface area contributed by atoms with Gasteiger partial charge in [0, 0.05) is 57.8 Å². The highest BCUT2D eigenvalue weighted by atomic mass is 16.5. The highest BCUT2D eigenvalue weighted by molar-refractivity contribution is 6.06. The molecular formula is C17H19N5O4. The minimum absolute atomic E-state index is 0.0811. The van der Waals surface area contributed by atoms with E-state index < -0.39 is 6.03 Å². The lowest BCUT2D eigenvalue weighted by molar-refractivity contribution is -0.129. The third kappa shape index (κ3) is 2.85. The number of carbonyl (C=O) groups is 3. The summed E-state index contributed by atoms with van der Waals surface area (Å²) >= 11 is 0. The molecule has 2 fully saturated rings. The number of aromatic nitrogens is 1. The third-order valence-electron chi connectivity index (χ3n) is 4.83. The summed E-state index contributed by atoms with van der Waals surface area (Å²) in [6.07, 6.45) is 0.270. The van der Waals surface area contributed by atoms with Crippen LogP contribution in [0, 0.1) is 0 Å². The molecule has 0 spiro atoms. The molecule has 3 heterocycles. The van der Waals surface area contributed by atoms with Gasteiger partial charge in [0.15, 0.2) is 11.4 Å². The molecule has 0 bridgehead atoms. The van der Waals surface area contributed by atoms with E-state index in [0.717, 1.165) is 11.2 Å². The third-order valence-corrected chi connectivity index (χ3v) is 4.83. The summed E-state index contributed by atoms with van der Waals surface area (Å²) in [6.45, 7) is 4.61. The molecule has 0 radical (unpaired) electrons. The van der Waals surface area contributed by atoms with Crippen LogP contribution in [0.15, 0.2) is 22.7 Å². The average Bonchev–Trinajstić information content (AvgIpc) is 3.05. The SMILES string of the molecule is CC(=O)N1CCN(c2noc3cc(N4CCC(=O)NC4=O)ccc23)CC1. The van der Waals surface area contributed by atoms with E-state index in [0.29, 0.717) is 44.0 Å². The number of amides is 4. The van der Waals surface area contributed by atoms with Gasteiger partial charge in [-0.1, -0.05) is 5.16 Å². The average molecular weight is 357 g/mol. The van der Waals surface area contributed by atoms with Crippen LogP contribution >= 0.6 is 0 Å². The van der Waals surface area contributed by atoms with Gasteiger partial charge in [-0.3, -0.25) is 19.8 Å². The smallest absolute Gasteiger partial charge is 0.328 e. The van der Waals surface area contributed by atoms with Gasteiger partial charge >= 0.3 is 6.03 Å². The first kappa shape index (κ1) is 16.4. The molecule has 1 aromatic heterocycles. The van der Waals surface area contributed by atoms with Crippen LogP contribution in [0.25, 0.3) is 11.0 Å². The highest BCUT2D eigenvalue weighted by Crippen LogP contribution is 2.30. The van der Waals surface area contributed by atoms with E-state index in [-0.39, 0.29) is 18.2 Å². The predicted molar refractivity (Wildman–Crippen MR) is 94.0 cm³/mol. The van der Waals surface area contributed by atoms with Crippen LogP contribution in [-0.4, -0.2) is 60.6 Å². The molecule has 1 N–H and O–H groups in total. The van der Waals surface area contributed by atoms with Crippen molar-refractivity contribution in [3.63, 3.8) is 0 Å². The number of hydrogen-bond donors (Lipinski definition) is 1. The molecule has 26 heavy (non-hydrogen) atoms. The van der Waals surface area contributed by atoms with Gasteiger partial charge in [0.1, 0.15) is 0 Å². The van der Waals surface area contributed by atoms with Crippen LogP contribution in [0.5, 0.6) is 0 Å². The Hall–Kier alpha value is -3.10. The summed E-state index contributed by atoms with van der Waals surface area (Å²) in [6, 6.07) is 5.02. The molecule has 2 aromatic rings. The van der Waals surface area contributed by atoms with Gasteiger partial charge in [0.2, 0.25) is 11.8 Å². The van der Waals surface area contributed by atoms with Crippen molar-refractivity contribution in [3.8, 4) is 0 Å². The Morgan fingerprint density at radius 1 is 1.15 bits per heavy atom. The molecule has 9 nitrogen and oxygen atoms in total. The number of nitrogens with zero attached hydrogens (tertiary/aromatic N) is 4. The topological polar surface area (TPSA) is 99.0 Å². The molecule has 136 valence electrons. The zero-order chi connectivity index (χ0) is 18.3. The van der Waals surface area contributed by atoms with E-state index in [2.05, 4.69) is 15.4 Å². The number of nitrogens with one attached hydrogen (secondary N) is 1. The number of urea groups is 1. The molecule has 4 rings (SSSR count). The van der Waals surface area contributed by atoms with Crippen LogP contribution < -0.4 is 15.1 Å². The van der Waals surface area contributed by atoms with Gasteiger partial charge < -0.3 is 14.3 Å². The monoisotopic (exact) mass is 357 g/mol. The first-order valence-corrected chi connectivity index (χ1v) is 8.54. The lowest BCUT2D eigenvalue weighted by atomic mass is 10.2. The van der Waals surface area contributed by atoms with Crippen molar-refractivity contribution in [3.05, 3.63) is 18.2 Å². The Bertz CT molecular complexity index is 884. The van der Waals surface area contributed by atoms with Gasteiger partial charge in [-0.15, -0.1) is 0 Å². The number of rotatable bonds is 2. The van der Waals surface area contributed by atoms with E-state index in [1.54, 1.807) is 13.0 Å². The van der Waals surface area contributed by atoms with Crippen molar-refractivity contribution in [2.75, 3.05) is 42.5 Å². The number of piperazine rings is 1. The normalized spacial score (nSPS) is 18.4. The van der Waals surface area contributed by atoms with Crippen LogP contribution in [0.3, 0.4) is 0 Å². The number of anilines is 2. The number of fused-ring (bicyclic) bond motifs is 1. The van der Waals surface area contributed by atoms with Crippen LogP contribution in [0.4, 0.5) is 16.3 Å². The Kier molecular flexibility index (Phi) is 3.98. The van der Waals surface area contributed by atoms with Gasteiger partial charge in [0.25, 0.3) is 0 Å². The number of carbonyl (C=O) groups excluding carboxylic acids is 3. The van der Waals surface area contributed by atoms with Crippen LogP contribution in [0.1, 0.15) is 13.3 Å². The molecule has 0 saturated carbocycles. The van der Waals surface area contributed by atoms with Crippen molar-refractivity contribution in [1.29, 1.82) is 0 Å². The van der Waals surface area contributed by atoms with Gasteiger partial charge in [0.05, 0.1) is 5.39 Å². The lowest BCUT2D eigenvalue weighted by Crippen LogP contribution is -2.49. The first-order valence-electron chi connectivity index (χ1n) is 8.54. The maximum atomic E-state index is 12.0. The lowest BCUT2D eigenvalue weighted by Gasteiger charge is -2.34. The Morgan fingerprint density at radius 3 is 2.62 bits per heavy atom. The predicted octanol–water partition coefficient (Wildman–Crippen LogP) is 0.943. The molecule has 0 aliphatic carbocycles. The summed E-state index contributed by atoms with van der Waals surface area (Å²) in [5, 5.41) is 7.35. The zero-order valence-electron chi connectivity index (χ0n) is 14.4. The summed E-state index contributed by atoms with van der Waals surface area (Å²) in [5.74, 6) is 0.560. The number of imide groups is 1. The number of benzene rings is 1.